The van der Waals surface area contributed by atoms with Gasteiger partial charge in [-0.2, -0.15) is 0 Å². The number of phenolic OH excluding ortho intramolecular Hbond substituents is 1. The van der Waals surface area contributed by atoms with Gasteiger partial charge in [-0.15, -0.1) is 0 Å². The first-order valence-electron chi connectivity index (χ1n) is 27.1. The number of aromatic hydroxyl groups is 1. The largest absolute Gasteiger partial charge is 0.507 e. The van der Waals surface area contributed by atoms with Crippen molar-refractivity contribution >= 4 is 11.0 Å². The highest BCUT2D eigenvalue weighted by molar-refractivity contribution is 5.97. The maximum Gasteiger partial charge on any atom is 0.149 e. The molecule has 0 radical (unpaired) electrons. The minimum absolute atomic E-state index is 0.0634. The van der Waals surface area contributed by atoms with Crippen LogP contribution in [0.4, 0.5) is 0 Å². The monoisotopic (exact) mass is 912 g/mol. The fourth-order valence-corrected chi connectivity index (χ4v) is 9.53. The van der Waals surface area contributed by atoms with E-state index in [9.17, 15) is 13.3 Å². The van der Waals surface area contributed by atoms with E-state index >= 15 is 0 Å². The minimum atomic E-state index is -2.64. The standard InChI is InChI=1S/C65H67N3O/c1-39(2)49-36-56(42(7)8)63(69)57(37-49)64-67-62-55(22-17-23-60(62)68(64)59-29-28-48(32-43(59)9)61-53(40(3)4)20-16-21-54(61)41(5)6)50-33-51(35-52(34-50)65(10,11)12)58-38-47(30-31-66-58)46-26-24-45(25-27-46)44-18-14-13-15-19-44/h13-42,69H,1-12H3/i9D3,39D,40D,42D. The molecule has 0 fully saturated rings. The van der Waals surface area contributed by atoms with E-state index in [1.54, 1.807) is 45.9 Å². The van der Waals surface area contributed by atoms with Crippen LogP contribution in [0.2, 0.25) is 0 Å². The second-order valence-corrected chi connectivity index (χ2v) is 20.4. The Morgan fingerprint density at radius 2 is 1.20 bits per heavy atom. The second kappa shape index (κ2) is 18.8. The van der Waals surface area contributed by atoms with E-state index in [0.717, 1.165) is 66.9 Å². The molecule has 0 atom stereocenters. The van der Waals surface area contributed by atoms with E-state index < -0.39 is 24.5 Å². The Morgan fingerprint density at radius 1 is 0.551 bits per heavy atom. The summed E-state index contributed by atoms with van der Waals surface area (Å²) >= 11 is 0. The molecule has 9 aromatic rings. The Morgan fingerprint density at radius 3 is 1.87 bits per heavy atom. The summed E-state index contributed by atoms with van der Waals surface area (Å²) in [5, 5.41) is 12.5. The lowest BCUT2D eigenvalue weighted by molar-refractivity contribution is 0.466. The van der Waals surface area contributed by atoms with Crippen molar-refractivity contribution in [3.05, 3.63) is 191 Å². The molecule has 2 heterocycles. The lowest BCUT2D eigenvalue weighted by Gasteiger charge is -2.22. The Bertz CT molecular complexity index is 3600. The Labute approximate surface area is 419 Å². The molecule has 0 aliphatic carbocycles. The first-order chi connectivity index (χ1) is 35.1. The van der Waals surface area contributed by atoms with Crippen molar-refractivity contribution in [2.24, 2.45) is 0 Å². The fourth-order valence-electron chi connectivity index (χ4n) is 9.53. The third-order valence-corrected chi connectivity index (χ3v) is 13.4. The molecule has 69 heavy (non-hydrogen) atoms. The molecule has 0 unspecified atom stereocenters. The van der Waals surface area contributed by atoms with Gasteiger partial charge >= 0.3 is 0 Å². The van der Waals surface area contributed by atoms with Crippen LogP contribution in [0.5, 0.6) is 5.75 Å². The second-order valence-electron chi connectivity index (χ2n) is 20.4. The molecule has 0 bridgehead atoms. The number of aromatic nitrogens is 3. The average Bonchev–Trinajstić information content (AvgIpc) is 3.74. The summed E-state index contributed by atoms with van der Waals surface area (Å²) in [7, 11) is 0. The number of imidazole rings is 1. The van der Waals surface area contributed by atoms with Crippen LogP contribution in [0.15, 0.2) is 158 Å². The molecular weight excluding hydrogens is 839 g/mol. The zero-order chi connectivity index (χ0) is 54.2. The summed E-state index contributed by atoms with van der Waals surface area (Å²) in [5.41, 5.74) is 14.6. The van der Waals surface area contributed by atoms with Crippen molar-refractivity contribution in [1.82, 2.24) is 14.5 Å². The van der Waals surface area contributed by atoms with Gasteiger partial charge in [0.1, 0.15) is 11.6 Å². The number of nitrogens with zero attached hydrogens (tertiary/aromatic N) is 3. The number of benzene rings is 7. The third kappa shape index (κ3) is 9.18. The molecule has 0 amide bonds. The van der Waals surface area contributed by atoms with Gasteiger partial charge in [0.2, 0.25) is 0 Å². The van der Waals surface area contributed by atoms with E-state index in [-0.39, 0.29) is 34.0 Å². The zero-order valence-corrected chi connectivity index (χ0v) is 41.9. The molecule has 0 aliphatic heterocycles. The fraction of sp³-hybridized carbons (Fsp3) is 0.262. The molecule has 9 rings (SSSR count). The predicted octanol–water partition coefficient (Wildman–Crippen LogP) is 18.2. The van der Waals surface area contributed by atoms with Crippen molar-refractivity contribution in [3.63, 3.8) is 0 Å². The Balaban J connectivity index is 1.31. The van der Waals surface area contributed by atoms with Crippen molar-refractivity contribution in [2.45, 2.75) is 112 Å². The summed E-state index contributed by atoms with van der Waals surface area (Å²) < 4.78 is 57.0. The molecule has 7 aromatic carbocycles. The Hall–Kier alpha value is -7.04. The van der Waals surface area contributed by atoms with Crippen molar-refractivity contribution < 1.29 is 13.3 Å². The molecule has 4 nitrogen and oxygen atoms in total. The summed E-state index contributed by atoms with van der Waals surface area (Å²) in [6, 6.07) is 50.4. The quantitative estimate of drug-likeness (QED) is 0.141. The number of rotatable bonds is 11. The summed E-state index contributed by atoms with van der Waals surface area (Å²) in [6.07, 6.45) is 1.85. The summed E-state index contributed by atoms with van der Waals surface area (Å²) in [5.74, 6) is -3.22. The van der Waals surface area contributed by atoms with Crippen LogP contribution in [0.25, 0.3) is 83.9 Å². The van der Waals surface area contributed by atoms with Crippen molar-refractivity contribution in [2.75, 3.05) is 0 Å². The van der Waals surface area contributed by atoms with E-state index in [1.807, 2.05) is 97.4 Å². The number of hydrogen-bond donors (Lipinski definition) is 1. The number of fused-ring (bicyclic) bond motifs is 1. The van der Waals surface area contributed by atoms with Crippen molar-refractivity contribution in [1.29, 1.82) is 0 Å². The lowest BCUT2D eigenvalue weighted by Crippen LogP contribution is -2.11. The highest BCUT2D eigenvalue weighted by Crippen LogP contribution is 2.45. The van der Waals surface area contributed by atoms with Crippen LogP contribution in [0.3, 0.4) is 0 Å². The first-order valence-corrected chi connectivity index (χ1v) is 24.1. The zero-order valence-electron chi connectivity index (χ0n) is 47.9. The molecule has 4 heteroatoms. The van der Waals surface area contributed by atoms with E-state index in [1.165, 1.54) is 0 Å². The number of hydrogen-bond acceptors (Lipinski definition) is 3. The van der Waals surface area contributed by atoms with Gasteiger partial charge in [-0.05, 0) is 157 Å². The number of phenols is 1. The minimum Gasteiger partial charge on any atom is -0.507 e. The molecule has 1 N–H and O–H groups in total. The van der Waals surface area contributed by atoms with Crippen LogP contribution in [0, 0.1) is 6.85 Å². The van der Waals surface area contributed by atoms with Crippen LogP contribution in [-0.2, 0) is 5.41 Å². The smallest absolute Gasteiger partial charge is 0.149 e. The average molecular weight is 912 g/mol. The van der Waals surface area contributed by atoms with Crippen molar-refractivity contribution in [3.8, 4) is 78.6 Å². The van der Waals surface area contributed by atoms with E-state index in [4.69, 9.17) is 9.97 Å². The Kier molecular flexibility index (Phi) is 10.9. The number of pyridine rings is 1. The normalized spacial score (nSPS) is 14.0. The van der Waals surface area contributed by atoms with E-state index in [0.29, 0.717) is 33.4 Å². The van der Waals surface area contributed by atoms with Gasteiger partial charge in [-0.3, -0.25) is 9.55 Å². The molecule has 0 spiro atoms. The van der Waals surface area contributed by atoms with Crippen LogP contribution < -0.4 is 0 Å². The molecule has 348 valence electrons. The van der Waals surface area contributed by atoms with E-state index in [2.05, 4.69) is 95.3 Å². The highest BCUT2D eigenvalue weighted by Gasteiger charge is 2.26. The van der Waals surface area contributed by atoms with Gasteiger partial charge in [0.15, 0.2) is 0 Å². The van der Waals surface area contributed by atoms with Crippen LogP contribution in [0.1, 0.15) is 141 Å². The van der Waals surface area contributed by atoms with Gasteiger partial charge in [0.25, 0.3) is 0 Å². The molecule has 0 saturated heterocycles. The number of para-hydroxylation sites is 1. The molecule has 0 aliphatic rings. The predicted molar refractivity (Wildman–Crippen MR) is 293 cm³/mol. The maximum absolute atomic E-state index is 12.5. The maximum atomic E-state index is 12.5. The SMILES string of the molecule is [2H]C([2H])([2H])c1cc(-c2c(C(C)C)cccc2C([2H])(C)C)ccc1-n1c(-c2cc(C([2H])(C)C)cc(C([2H])(C)C)c2O)nc2c(-c3cc(-c4cc(-c5ccc(-c6ccccc6)cc5)ccn4)cc(C(C)(C)C)c3)cccc21. The molecule has 2 aromatic heterocycles. The lowest BCUT2D eigenvalue weighted by atomic mass is 9.83. The topological polar surface area (TPSA) is 50.9 Å². The molecule has 0 saturated carbocycles. The number of aryl methyl sites for hydroxylation is 1. The summed E-state index contributed by atoms with van der Waals surface area (Å²) in [4.78, 5) is 10.4. The van der Waals surface area contributed by atoms with Gasteiger partial charge < -0.3 is 5.11 Å². The van der Waals surface area contributed by atoms with Gasteiger partial charge in [-0.1, -0.05) is 179 Å². The summed E-state index contributed by atoms with van der Waals surface area (Å²) in [6.45, 7) is 18.8. The van der Waals surface area contributed by atoms with Crippen LogP contribution in [-0.4, -0.2) is 19.6 Å². The van der Waals surface area contributed by atoms with Gasteiger partial charge in [0.05, 0.1) is 28.0 Å². The molecular formula is C65H67N3O. The third-order valence-electron chi connectivity index (χ3n) is 13.4. The van der Waals surface area contributed by atoms with Crippen LogP contribution >= 0.6 is 0 Å². The first kappa shape index (κ1) is 39.9. The van der Waals surface area contributed by atoms with Gasteiger partial charge in [0, 0.05) is 25.5 Å². The highest BCUT2D eigenvalue weighted by atomic mass is 16.3. The van der Waals surface area contributed by atoms with Gasteiger partial charge in [-0.25, -0.2) is 4.98 Å².